The highest BCUT2D eigenvalue weighted by atomic mass is 32.1. The standard InChI is InChI=1S/C19H24N2OS/c1-13(2)17-12-23-19(21-17)11-22-18-6-4-5-15-8-7-14(10-20-3)9-16(15)18/h4-5,7-9,12-13,18,20H,6,10-11H2,1-3H3. The van der Waals surface area contributed by atoms with E-state index >= 15 is 0 Å². The summed E-state index contributed by atoms with van der Waals surface area (Å²) in [5.74, 6) is 0.474. The van der Waals surface area contributed by atoms with Crippen molar-refractivity contribution in [1.82, 2.24) is 10.3 Å². The van der Waals surface area contributed by atoms with Gasteiger partial charge in [-0.05, 0) is 36.1 Å². The van der Waals surface area contributed by atoms with Gasteiger partial charge in [-0.1, -0.05) is 44.2 Å². The van der Waals surface area contributed by atoms with Gasteiger partial charge in [0.15, 0.2) is 0 Å². The summed E-state index contributed by atoms with van der Waals surface area (Å²) >= 11 is 1.69. The summed E-state index contributed by atoms with van der Waals surface area (Å²) in [4.78, 5) is 4.66. The molecule has 1 atom stereocenters. The van der Waals surface area contributed by atoms with Crippen molar-refractivity contribution >= 4 is 17.4 Å². The average Bonchev–Trinajstić information content (AvgIpc) is 3.02. The van der Waals surface area contributed by atoms with Gasteiger partial charge in [0, 0.05) is 11.9 Å². The van der Waals surface area contributed by atoms with Gasteiger partial charge in [-0.15, -0.1) is 11.3 Å². The molecule has 1 aromatic carbocycles. The second-order valence-electron chi connectivity index (χ2n) is 6.25. The minimum atomic E-state index is 0.123. The molecule has 1 unspecified atom stereocenters. The highest BCUT2D eigenvalue weighted by Gasteiger charge is 2.19. The first-order valence-corrected chi connectivity index (χ1v) is 9.05. The number of hydrogen-bond acceptors (Lipinski definition) is 4. The Morgan fingerprint density at radius 1 is 1.39 bits per heavy atom. The maximum absolute atomic E-state index is 6.20. The molecule has 0 bridgehead atoms. The number of hydrogen-bond donors (Lipinski definition) is 1. The molecule has 1 N–H and O–H groups in total. The van der Waals surface area contributed by atoms with Crippen molar-refractivity contribution in [2.75, 3.05) is 7.05 Å². The van der Waals surface area contributed by atoms with Gasteiger partial charge in [-0.25, -0.2) is 4.98 Å². The second-order valence-corrected chi connectivity index (χ2v) is 7.19. The number of aromatic nitrogens is 1. The first-order chi connectivity index (χ1) is 11.2. The zero-order valence-corrected chi connectivity index (χ0v) is 14.8. The van der Waals surface area contributed by atoms with Gasteiger partial charge in [0.05, 0.1) is 18.4 Å². The van der Waals surface area contributed by atoms with E-state index in [4.69, 9.17) is 4.74 Å². The van der Waals surface area contributed by atoms with Gasteiger partial charge in [0.1, 0.15) is 5.01 Å². The number of thiazole rings is 1. The summed E-state index contributed by atoms with van der Waals surface area (Å²) < 4.78 is 6.20. The fourth-order valence-corrected chi connectivity index (χ4v) is 3.68. The molecule has 1 aliphatic carbocycles. The molecule has 4 heteroatoms. The van der Waals surface area contributed by atoms with Crippen molar-refractivity contribution in [3.63, 3.8) is 0 Å². The smallest absolute Gasteiger partial charge is 0.119 e. The fraction of sp³-hybridized carbons (Fsp3) is 0.421. The van der Waals surface area contributed by atoms with Crippen LogP contribution in [-0.4, -0.2) is 12.0 Å². The van der Waals surface area contributed by atoms with Crippen molar-refractivity contribution in [2.45, 2.75) is 45.4 Å². The third kappa shape index (κ3) is 3.89. The molecule has 1 heterocycles. The van der Waals surface area contributed by atoms with Crippen LogP contribution in [0, 0.1) is 0 Å². The molecule has 0 amide bonds. The summed E-state index contributed by atoms with van der Waals surface area (Å²) in [6, 6.07) is 6.63. The Kier molecular flexibility index (Phi) is 5.26. The lowest BCUT2D eigenvalue weighted by molar-refractivity contribution is 0.0407. The molecule has 0 saturated carbocycles. The number of rotatable bonds is 6. The van der Waals surface area contributed by atoms with E-state index in [0.29, 0.717) is 12.5 Å². The van der Waals surface area contributed by atoms with Crippen LogP contribution < -0.4 is 5.32 Å². The van der Waals surface area contributed by atoms with Gasteiger partial charge < -0.3 is 10.1 Å². The summed E-state index contributed by atoms with van der Waals surface area (Å²) in [6.07, 6.45) is 5.45. The van der Waals surface area contributed by atoms with Crippen LogP contribution in [0.15, 0.2) is 29.7 Å². The Morgan fingerprint density at radius 3 is 3.00 bits per heavy atom. The minimum Gasteiger partial charge on any atom is -0.366 e. The number of ether oxygens (including phenoxy) is 1. The second kappa shape index (κ2) is 7.39. The van der Waals surface area contributed by atoms with E-state index in [-0.39, 0.29) is 6.10 Å². The minimum absolute atomic E-state index is 0.123. The number of fused-ring (bicyclic) bond motifs is 1. The molecule has 0 spiro atoms. The fourth-order valence-electron chi connectivity index (χ4n) is 2.80. The van der Waals surface area contributed by atoms with Crippen molar-refractivity contribution in [3.8, 4) is 0 Å². The van der Waals surface area contributed by atoms with E-state index in [1.807, 2.05) is 7.05 Å². The SMILES string of the molecule is CNCc1ccc2c(c1)C(OCc1nc(C(C)C)cs1)CC=C2. The molecule has 0 radical (unpaired) electrons. The third-order valence-corrected chi connectivity index (χ3v) is 4.94. The highest BCUT2D eigenvalue weighted by molar-refractivity contribution is 7.09. The van der Waals surface area contributed by atoms with Gasteiger partial charge in [0.2, 0.25) is 0 Å². The largest absolute Gasteiger partial charge is 0.366 e. The average molecular weight is 328 g/mol. The number of nitrogens with one attached hydrogen (secondary N) is 1. The van der Waals surface area contributed by atoms with Crippen LogP contribution in [0.1, 0.15) is 59.7 Å². The van der Waals surface area contributed by atoms with Crippen LogP contribution in [0.25, 0.3) is 6.08 Å². The molecule has 23 heavy (non-hydrogen) atoms. The van der Waals surface area contributed by atoms with Crippen LogP contribution in [0.5, 0.6) is 0 Å². The predicted molar refractivity (Wildman–Crippen MR) is 96.6 cm³/mol. The van der Waals surface area contributed by atoms with Crippen molar-refractivity contribution < 1.29 is 4.74 Å². The summed E-state index contributed by atoms with van der Waals surface area (Å²) in [5, 5.41) is 6.42. The number of benzene rings is 1. The Balaban J connectivity index is 1.71. The summed E-state index contributed by atoms with van der Waals surface area (Å²) in [6.45, 7) is 5.82. The Morgan fingerprint density at radius 2 is 2.26 bits per heavy atom. The summed E-state index contributed by atoms with van der Waals surface area (Å²) in [7, 11) is 1.97. The lowest BCUT2D eigenvalue weighted by Gasteiger charge is -2.22. The van der Waals surface area contributed by atoms with Crippen molar-refractivity contribution in [3.05, 3.63) is 57.0 Å². The van der Waals surface area contributed by atoms with Crippen LogP contribution in [-0.2, 0) is 17.9 Å². The Bertz CT molecular complexity index is 690. The highest BCUT2D eigenvalue weighted by Crippen LogP contribution is 2.32. The normalized spacial score (nSPS) is 16.8. The first-order valence-electron chi connectivity index (χ1n) is 8.17. The number of nitrogens with zero attached hydrogens (tertiary/aromatic N) is 1. The summed E-state index contributed by atoms with van der Waals surface area (Å²) in [5.41, 5.74) is 5.02. The zero-order valence-electron chi connectivity index (χ0n) is 14.0. The Hall–Kier alpha value is -1.49. The molecule has 1 aliphatic rings. The van der Waals surface area contributed by atoms with Crippen LogP contribution >= 0.6 is 11.3 Å². The molecule has 0 saturated heterocycles. The van der Waals surface area contributed by atoms with E-state index in [9.17, 15) is 0 Å². The molecule has 0 aliphatic heterocycles. The monoisotopic (exact) mass is 328 g/mol. The topological polar surface area (TPSA) is 34.1 Å². The maximum atomic E-state index is 6.20. The lowest BCUT2D eigenvalue weighted by atomic mass is 9.93. The van der Waals surface area contributed by atoms with Gasteiger partial charge in [0.25, 0.3) is 0 Å². The van der Waals surface area contributed by atoms with Crippen LogP contribution in [0.2, 0.25) is 0 Å². The van der Waals surface area contributed by atoms with Crippen LogP contribution in [0.4, 0.5) is 0 Å². The van der Waals surface area contributed by atoms with Gasteiger partial charge >= 0.3 is 0 Å². The van der Waals surface area contributed by atoms with E-state index < -0.39 is 0 Å². The van der Waals surface area contributed by atoms with Crippen molar-refractivity contribution in [1.29, 1.82) is 0 Å². The first kappa shape index (κ1) is 16.4. The van der Waals surface area contributed by atoms with E-state index in [1.54, 1.807) is 11.3 Å². The molecule has 3 nitrogen and oxygen atoms in total. The molecule has 1 aromatic heterocycles. The molecular weight excluding hydrogens is 304 g/mol. The van der Waals surface area contributed by atoms with E-state index in [2.05, 4.69) is 59.9 Å². The molecular formula is C19H24N2OS. The third-order valence-electron chi connectivity index (χ3n) is 4.10. The van der Waals surface area contributed by atoms with Gasteiger partial charge in [-0.2, -0.15) is 0 Å². The van der Waals surface area contributed by atoms with E-state index in [1.165, 1.54) is 16.7 Å². The molecule has 3 rings (SSSR count). The molecule has 122 valence electrons. The Labute approximate surface area is 142 Å². The predicted octanol–water partition coefficient (Wildman–Crippen LogP) is 4.66. The molecule has 0 fully saturated rings. The van der Waals surface area contributed by atoms with Crippen LogP contribution in [0.3, 0.4) is 0 Å². The van der Waals surface area contributed by atoms with E-state index in [0.717, 1.165) is 23.7 Å². The lowest BCUT2D eigenvalue weighted by Crippen LogP contribution is -2.11. The zero-order chi connectivity index (χ0) is 16.2. The maximum Gasteiger partial charge on any atom is 0.119 e. The van der Waals surface area contributed by atoms with Gasteiger partial charge in [-0.3, -0.25) is 0 Å². The molecule has 2 aromatic rings. The quantitative estimate of drug-likeness (QED) is 0.837. The van der Waals surface area contributed by atoms with Crippen molar-refractivity contribution in [2.24, 2.45) is 0 Å².